The number of rotatable bonds is 4. The van der Waals surface area contributed by atoms with Crippen LogP contribution in [0.15, 0.2) is 162 Å². The van der Waals surface area contributed by atoms with Gasteiger partial charge in [0.25, 0.3) is 0 Å². The zero-order valence-corrected chi connectivity index (χ0v) is 26.2. The minimum Gasteiger partial charge on any atom is -0.455 e. The van der Waals surface area contributed by atoms with Crippen molar-refractivity contribution in [2.24, 2.45) is 0 Å². The maximum absolute atomic E-state index is 6.48. The van der Waals surface area contributed by atoms with E-state index in [1.807, 2.05) is 30.3 Å². The van der Waals surface area contributed by atoms with Crippen LogP contribution in [-0.4, -0.2) is 19.9 Å². The van der Waals surface area contributed by atoms with E-state index in [1.54, 1.807) is 6.20 Å². The van der Waals surface area contributed by atoms with Gasteiger partial charge in [0.05, 0.1) is 5.39 Å². The monoisotopic (exact) mass is 626 g/mol. The standard InChI is InChI=1S/C44H26N4O/c1-2-11-32-26-33(21-16-27(32)8-1)43-46-42(31-19-17-30(18-20-31)35-15-7-12-28-9-3-5-13-34(28)35)47-44(48-43)40-39-37-23-22-29-10-4-6-14-36(29)41(37)49-38(39)24-25-45-40/h1-26H. The topological polar surface area (TPSA) is 64.7 Å². The van der Waals surface area contributed by atoms with Gasteiger partial charge in [0.1, 0.15) is 16.9 Å². The van der Waals surface area contributed by atoms with Crippen molar-refractivity contribution in [3.05, 3.63) is 158 Å². The van der Waals surface area contributed by atoms with Crippen LogP contribution in [0.3, 0.4) is 0 Å². The summed E-state index contributed by atoms with van der Waals surface area (Å²) in [6.45, 7) is 0. The van der Waals surface area contributed by atoms with Gasteiger partial charge < -0.3 is 4.42 Å². The lowest BCUT2D eigenvalue weighted by Gasteiger charge is -2.11. The van der Waals surface area contributed by atoms with Crippen LogP contribution in [0.2, 0.25) is 0 Å². The van der Waals surface area contributed by atoms with Crippen molar-refractivity contribution in [1.82, 2.24) is 19.9 Å². The molecular formula is C44H26N4O. The van der Waals surface area contributed by atoms with E-state index in [4.69, 9.17) is 24.4 Å². The quantitative estimate of drug-likeness (QED) is 0.194. The Hall–Kier alpha value is -6.72. The minimum atomic E-state index is 0.493. The van der Waals surface area contributed by atoms with Crippen molar-refractivity contribution in [1.29, 1.82) is 0 Å². The van der Waals surface area contributed by atoms with E-state index in [0.29, 0.717) is 23.2 Å². The fraction of sp³-hybridized carbons (Fsp3) is 0. The molecule has 5 heteroatoms. The summed E-state index contributed by atoms with van der Waals surface area (Å²) in [4.78, 5) is 20.1. The summed E-state index contributed by atoms with van der Waals surface area (Å²) in [6.07, 6.45) is 1.76. The van der Waals surface area contributed by atoms with E-state index in [0.717, 1.165) is 60.2 Å². The maximum Gasteiger partial charge on any atom is 0.183 e. The summed E-state index contributed by atoms with van der Waals surface area (Å²) in [6, 6.07) is 52.4. The van der Waals surface area contributed by atoms with Gasteiger partial charge in [-0.05, 0) is 56.3 Å². The third-order valence-corrected chi connectivity index (χ3v) is 9.37. The summed E-state index contributed by atoms with van der Waals surface area (Å²) in [5, 5.41) is 8.76. The number of benzene rings is 7. The van der Waals surface area contributed by atoms with Gasteiger partial charge in [-0.2, -0.15) is 0 Å². The van der Waals surface area contributed by atoms with Crippen molar-refractivity contribution in [3.63, 3.8) is 0 Å². The first-order chi connectivity index (χ1) is 24.3. The molecule has 10 rings (SSSR count). The van der Waals surface area contributed by atoms with E-state index in [2.05, 4.69) is 121 Å². The SMILES string of the molecule is c1ccc2cc(-c3nc(-c4ccc(-c5cccc6ccccc56)cc4)nc(-c4nccc5oc6c7ccccc7ccc6c45)n3)ccc2c1. The lowest BCUT2D eigenvalue weighted by molar-refractivity contribution is 0.672. The molecule has 0 aliphatic carbocycles. The van der Waals surface area contributed by atoms with Crippen LogP contribution in [0.5, 0.6) is 0 Å². The maximum atomic E-state index is 6.48. The van der Waals surface area contributed by atoms with Gasteiger partial charge >= 0.3 is 0 Å². The zero-order chi connectivity index (χ0) is 32.3. The highest BCUT2D eigenvalue weighted by Gasteiger charge is 2.20. The average molecular weight is 627 g/mol. The van der Waals surface area contributed by atoms with E-state index < -0.39 is 0 Å². The third kappa shape index (κ3) is 4.55. The second kappa shape index (κ2) is 10.9. The summed E-state index contributed by atoms with van der Waals surface area (Å²) in [5.41, 5.74) is 6.35. The largest absolute Gasteiger partial charge is 0.455 e. The molecular weight excluding hydrogens is 601 g/mol. The van der Waals surface area contributed by atoms with Gasteiger partial charge in [-0.3, -0.25) is 4.98 Å². The molecule has 0 saturated heterocycles. The van der Waals surface area contributed by atoms with Crippen molar-refractivity contribution in [3.8, 4) is 45.4 Å². The van der Waals surface area contributed by atoms with E-state index in [-0.39, 0.29) is 0 Å². The van der Waals surface area contributed by atoms with Gasteiger partial charge in [0.2, 0.25) is 0 Å². The molecule has 5 nitrogen and oxygen atoms in total. The minimum absolute atomic E-state index is 0.493. The Morgan fingerprint density at radius 3 is 1.86 bits per heavy atom. The van der Waals surface area contributed by atoms with Crippen LogP contribution < -0.4 is 0 Å². The fourth-order valence-corrected chi connectivity index (χ4v) is 6.96. The van der Waals surface area contributed by atoms with Crippen molar-refractivity contribution < 1.29 is 4.42 Å². The molecule has 0 amide bonds. The Labute approximate surface area is 281 Å². The molecule has 0 aliphatic heterocycles. The number of furan rings is 1. The normalized spacial score (nSPS) is 11.7. The van der Waals surface area contributed by atoms with Crippen LogP contribution in [0.4, 0.5) is 0 Å². The van der Waals surface area contributed by atoms with E-state index >= 15 is 0 Å². The van der Waals surface area contributed by atoms with Gasteiger partial charge in [-0.1, -0.05) is 133 Å². The molecule has 0 bridgehead atoms. The van der Waals surface area contributed by atoms with Crippen LogP contribution in [0, 0.1) is 0 Å². The summed E-state index contributed by atoms with van der Waals surface area (Å²) < 4.78 is 6.48. The lowest BCUT2D eigenvalue weighted by atomic mass is 9.97. The molecule has 0 atom stereocenters. The number of aromatic nitrogens is 4. The third-order valence-electron chi connectivity index (χ3n) is 9.37. The van der Waals surface area contributed by atoms with Crippen molar-refractivity contribution in [2.45, 2.75) is 0 Å². The second-order valence-corrected chi connectivity index (χ2v) is 12.3. The highest BCUT2D eigenvalue weighted by atomic mass is 16.3. The molecule has 0 unspecified atom stereocenters. The molecule has 0 spiro atoms. The number of fused-ring (bicyclic) bond motifs is 7. The summed E-state index contributed by atoms with van der Waals surface area (Å²) in [7, 11) is 0. The highest BCUT2D eigenvalue weighted by molar-refractivity contribution is 6.18. The van der Waals surface area contributed by atoms with E-state index in [1.165, 1.54) is 16.3 Å². The average Bonchev–Trinajstić information content (AvgIpc) is 3.57. The Morgan fingerprint density at radius 1 is 0.408 bits per heavy atom. The molecule has 3 aromatic heterocycles. The van der Waals surface area contributed by atoms with Crippen LogP contribution in [0.25, 0.3) is 99.7 Å². The number of hydrogen-bond donors (Lipinski definition) is 0. The smallest absolute Gasteiger partial charge is 0.183 e. The molecule has 0 N–H and O–H groups in total. The van der Waals surface area contributed by atoms with Crippen molar-refractivity contribution in [2.75, 3.05) is 0 Å². The Balaban J connectivity index is 1.17. The summed E-state index contributed by atoms with van der Waals surface area (Å²) >= 11 is 0. The Bertz CT molecular complexity index is 2890. The number of nitrogens with zero attached hydrogens (tertiary/aromatic N) is 4. The molecule has 10 aromatic rings. The molecule has 0 saturated carbocycles. The second-order valence-electron chi connectivity index (χ2n) is 12.3. The molecule has 49 heavy (non-hydrogen) atoms. The van der Waals surface area contributed by atoms with E-state index in [9.17, 15) is 0 Å². The van der Waals surface area contributed by atoms with Crippen LogP contribution in [0.1, 0.15) is 0 Å². The zero-order valence-electron chi connectivity index (χ0n) is 26.2. The van der Waals surface area contributed by atoms with Crippen LogP contribution in [-0.2, 0) is 0 Å². The van der Waals surface area contributed by atoms with Gasteiger partial charge in [0.15, 0.2) is 17.5 Å². The molecule has 0 aliphatic rings. The first-order valence-electron chi connectivity index (χ1n) is 16.3. The molecule has 7 aromatic carbocycles. The molecule has 0 radical (unpaired) electrons. The van der Waals surface area contributed by atoms with Crippen molar-refractivity contribution >= 4 is 54.3 Å². The van der Waals surface area contributed by atoms with Gasteiger partial charge in [0, 0.05) is 28.1 Å². The van der Waals surface area contributed by atoms with Gasteiger partial charge in [-0.25, -0.2) is 15.0 Å². The molecule has 228 valence electrons. The first-order valence-corrected chi connectivity index (χ1v) is 16.3. The summed E-state index contributed by atoms with van der Waals surface area (Å²) in [5.74, 6) is 1.66. The number of hydrogen-bond acceptors (Lipinski definition) is 5. The Morgan fingerprint density at radius 2 is 1.02 bits per heavy atom. The lowest BCUT2D eigenvalue weighted by Crippen LogP contribution is -2.01. The predicted molar refractivity (Wildman–Crippen MR) is 199 cm³/mol. The highest BCUT2D eigenvalue weighted by Crippen LogP contribution is 2.38. The first kappa shape index (κ1) is 27.4. The molecule has 3 heterocycles. The fourth-order valence-electron chi connectivity index (χ4n) is 6.96. The predicted octanol–water partition coefficient (Wildman–Crippen LogP) is 11.3. The Kier molecular flexibility index (Phi) is 6.11. The molecule has 0 fully saturated rings. The number of pyridine rings is 1. The van der Waals surface area contributed by atoms with Gasteiger partial charge in [-0.15, -0.1) is 0 Å². The van der Waals surface area contributed by atoms with Crippen LogP contribution >= 0.6 is 0 Å².